The lowest BCUT2D eigenvalue weighted by molar-refractivity contribution is -0.133. The number of oxazole rings is 1. The zero-order valence-electron chi connectivity index (χ0n) is 18.7. The van der Waals surface area contributed by atoms with Crippen LogP contribution in [0.5, 0.6) is 5.75 Å². The second-order valence-corrected chi connectivity index (χ2v) is 8.24. The average Bonchev–Trinajstić information content (AvgIpc) is 3.25. The maximum absolute atomic E-state index is 12.9. The second-order valence-electron chi connectivity index (χ2n) is 8.24. The Morgan fingerprint density at radius 2 is 2.09 bits per heavy atom. The molecule has 0 aliphatic carbocycles. The van der Waals surface area contributed by atoms with Crippen LogP contribution in [0.2, 0.25) is 0 Å². The van der Waals surface area contributed by atoms with E-state index in [1.165, 1.54) is 4.57 Å². The van der Waals surface area contributed by atoms with Crippen molar-refractivity contribution in [1.82, 2.24) is 19.4 Å². The molecule has 0 radical (unpaired) electrons. The number of ether oxygens (including phenoxy) is 1. The Labute approximate surface area is 186 Å². The summed E-state index contributed by atoms with van der Waals surface area (Å²) in [4.78, 5) is 35.4. The Balaban J connectivity index is 1.43. The van der Waals surface area contributed by atoms with Gasteiger partial charge in [-0.25, -0.2) is 9.78 Å². The molecule has 1 aliphatic heterocycles. The topological polar surface area (TPSA) is 90.5 Å². The number of para-hydroxylation sites is 1. The third kappa shape index (κ3) is 4.74. The van der Waals surface area contributed by atoms with Gasteiger partial charge in [0, 0.05) is 36.5 Å². The predicted octanol–water partition coefficient (Wildman–Crippen LogP) is 2.85. The van der Waals surface area contributed by atoms with E-state index in [2.05, 4.69) is 9.97 Å². The molecule has 8 heteroatoms. The van der Waals surface area contributed by atoms with E-state index in [0.29, 0.717) is 31.1 Å². The lowest BCUT2D eigenvalue weighted by Gasteiger charge is -2.31. The van der Waals surface area contributed by atoms with Crippen LogP contribution in [-0.2, 0) is 17.8 Å². The molecule has 4 rings (SSSR count). The number of amides is 1. The third-order valence-electron chi connectivity index (χ3n) is 5.89. The zero-order valence-corrected chi connectivity index (χ0v) is 18.7. The molecule has 8 nitrogen and oxygen atoms in total. The van der Waals surface area contributed by atoms with Crippen molar-refractivity contribution in [2.24, 2.45) is 0 Å². The van der Waals surface area contributed by atoms with Crippen molar-refractivity contribution in [3.05, 3.63) is 75.6 Å². The quantitative estimate of drug-likeness (QED) is 0.590. The number of carbonyl (C=O) groups is 1. The number of hydrogen-bond acceptors (Lipinski definition) is 6. The Kier molecular flexibility index (Phi) is 6.39. The smallest absolute Gasteiger partial charge is 0.348 e. The van der Waals surface area contributed by atoms with E-state index in [0.717, 1.165) is 35.6 Å². The lowest BCUT2D eigenvalue weighted by atomic mass is 9.98. The molecule has 0 bridgehead atoms. The van der Waals surface area contributed by atoms with Crippen LogP contribution in [0.1, 0.15) is 47.4 Å². The summed E-state index contributed by atoms with van der Waals surface area (Å²) >= 11 is 0. The van der Waals surface area contributed by atoms with Gasteiger partial charge < -0.3 is 14.1 Å². The Morgan fingerprint density at radius 1 is 1.28 bits per heavy atom. The van der Waals surface area contributed by atoms with Gasteiger partial charge in [0.2, 0.25) is 5.91 Å². The van der Waals surface area contributed by atoms with Crippen LogP contribution in [0.4, 0.5) is 0 Å². The monoisotopic (exact) mass is 436 g/mol. The molecular weight excluding hydrogens is 408 g/mol. The van der Waals surface area contributed by atoms with Crippen LogP contribution in [0.15, 0.2) is 45.7 Å². The Hall–Kier alpha value is -3.42. The number of hydrogen-bond donors (Lipinski definition) is 0. The third-order valence-corrected chi connectivity index (χ3v) is 5.89. The number of aryl methyl sites for hydroxylation is 2. The molecule has 1 aliphatic rings. The highest BCUT2D eigenvalue weighted by molar-refractivity contribution is 5.76. The van der Waals surface area contributed by atoms with Gasteiger partial charge in [-0.1, -0.05) is 18.2 Å². The highest BCUT2D eigenvalue weighted by Crippen LogP contribution is 2.28. The molecule has 2 aromatic heterocycles. The van der Waals surface area contributed by atoms with Crippen LogP contribution in [-0.4, -0.2) is 45.5 Å². The van der Waals surface area contributed by atoms with Crippen LogP contribution >= 0.6 is 0 Å². The molecule has 1 fully saturated rings. The van der Waals surface area contributed by atoms with Gasteiger partial charge in [-0.2, -0.15) is 4.98 Å². The van der Waals surface area contributed by atoms with E-state index >= 15 is 0 Å². The fourth-order valence-corrected chi connectivity index (χ4v) is 4.24. The minimum atomic E-state index is -0.391. The molecule has 0 N–H and O–H groups in total. The average molecular weight is 437 g/mol. The van der Waals surface area contributed by atoms with Gasteiger partial charge in [-0.3, -0.25) is 9.36 Å². The van der Waals surface area contributed by atoms with E-state index in [4.69, 9.17) is 9.15 Å². The molecule has 168 valence electrons. The van der Waals surface area contributed by atoms with Crippen molar-refractivity contribution < 1.29 is 13.9 Å². The molecule has 1 atom stereocenters. The number of carbonyl (C=O) groups excluding carboxylic acids is 1. The van der Waals surface area contributed by atoms with Crippen molar-refractivity contribution in [3.8, 4) is 5.75 Å². The Morgan fingerprint density at radius 3 is 2.88 bits per heavy atom. The van der Waals surface area contributed by atoms with E-state index in [-0.39, 0.29) is 18.4 Å². The van der Waals surface area contributed by atoms with Crippen molar-refractivity contribution in [2.45, 2.75) is 45.6 Å². The van der Waals surface area contributed by atoms with Crippen LogP contribution in [0, 0.1) is 13.8 Å². The summed E-state index contributed by atoms with van der Waals surface area (Å²) in [5.74, 6) is 2.18. The number of likely N-dealkylation sites (tertiary alicyclic amines) is 1. The number of benzene rings is 1. The molecule has 1 amide bonds. The van der Waals surface area contributed by atoms with Gasteiger partial charge in [0.05, 0.1) is 19.2 Å². The van der Waals surface area contributed by atoms with Gasteiger partial charge in [0.25, 0.3) is 0 Å². The Bertz CT molecular complexity index is 1170. The molecule has 3 heterocycles. The largest absolute Gasteiger partial charge is 0.496 e. The first kappa shape index (κ1) is 21.8. The molecule has 0 spiro atoms. The minimum Gasteiger partial charge on any atom is -0.496 e. The molecular formula is C24H28N4O4. The maximum Gasteiger partial charge on any atom is 0.348 e. The first-order valence-corrected chi connectivity index (χ1v) is 10.8. The van der Waals surface area contributed by atoms with Crippen LogP contribution in [0.25, 0.3) is 0 Å². The molecule has 0 saturated carbocycles. The highest BCUT2D eigenvalue weighted by atomic mass is 16.5. The van der Waals surface area contributed by atoms with E-state index in [9.17, 15) is 9.59 Å². The number of nitrogens with zero attached hydrogens (tertiary/aromatic N) is 4. The van der Waals surface area contributed by atoms with Crippen LogP contribution in [0.3, 0.4) is 0 Å². The van der Waals surface area contributed by atoms with Gasteiger partial charge in [0.1, 0.15) is 18.1 Å². The summed E-state index contributed by atoms with van der Waals surface area (Å²) < 4.78 is 12.9. The first-order chi connectivity index (χ1) is 15.4. The molecule has 1 unspecified atom stereocenters. The fourth-order valence-electron chi connectivity index (χ4n) is 4.24. The summed E-state index contributed by atoms with van der Waals surface area (Å²) in [6.07, 6.45) is 4.11. The van der Waals surface area contributed by atoms with E-state index < -0.39 is 5.69 Å². The number of rotatable bonds is 6. The van der Waals surface area contributed by atoms with Gasteiger partial charge in [0.15, 0.2) is 5.89 Å². The highest BCUT2D eigenvalue weighted by Gasteiger charge is 2.28. The van der Waals surface area contributed by atoms with Crippen molar-refractivity contribution in [2.75, 3.05) is 20.2 Å². The minimum absolute atomic E-state index is 0.00466. The molecule has 1 aromatic carbocycles. The van der Waals surface area contributed by atoms with Gasteiger partial charge in [-0.05, 0) is 38.8 Å². The van der Waals surface area contributed by atoms with Crippen LogP contribution < -0.4 is 10.4 Å². The fraction of sp³-hybridized carbons (Fsp3) is 0.417. The summed E-state index contributed by atoms with van der Waals surface area (Å²) in [6.45, 7) is 4.78. The summed E-state index contributed by atoms with van der Waals surface area (Å²) in [7, 11) is 1.65. The predicted molar refractivity (Wildman–Crippen MR) is 119 cm³/mol. The number of methoxy groups -OCH3 is 1. The van der Waals surface area contributed by atoms with Gasteiger partial charge >= 0.3 is 5.69 Å². The van der Waals surface area contributed by atoms with E-state index in [1.54, 1.807) is 25.1 Å². The first-order valence-electron chi connectivity index (χ1n) is 10.8. The lowest BCUT2D eigenvalue weighted by Crippen LogP contribution is -2.42. The molecule has 1 saturated heterocycles. The molecule has 3 aromatic rings. The maximum atomic E-state index is 12.9. The summed E-state index contributed by atoms with van der Waals surface area (Å²) in [5, 5.41) is 0. The van der Waals surface area contributed by atoms with Crippen molar-refractivity contribution in [1.29, 1.82) is 0 Å². The van der Waals surface area contributed by atoms with Crippen molar-refractivity contribution >= 4 is 5.91 Å². The SMILES string of the molecule is COc1ccccc1Cc1cnc(C2CCCN(C(=O)Cn3c(C)cc(C)nc3=O)C2)o1. The normalized spacial score (nSPS) is 16.2. The zero-order chi connectivity index (χ0) is 22.7. The molecule has 32 heavy (non-hydrogen) atoms. The van der Waals surface area contributed by atoms with Crippen molar-refractivity contribution in [3.63, 3.8) is 0 Å². The van der Waals surface area contributed by atoms with Gasteiger partial charge in [-0.15, -0.1) is 0 Å². The standard InChI is InChI=1S/C24H28N4O4/c1-16-11-17(2)28(24(30)26-16)15-22(29)27-10-6-8-19(14-27)23-25-13-20(32-23)12-18-7-4-5-9-21(18)31-3/h4-5,7,9,11,13,19H,6,8,10,12,14-15H2,1-3H3. The second kappa shape index (κ2) is 9.38. The summed E-state index contributed by atoms with van der Waals surface area (Å²) in [6, 6.07) is 9.64. The van der Waals surface area contributed by atoms with E-state index in [1.807, 2.05) is 37.3 Å². The summed E-state index contributed by atoms with van der Waals surface area (Å²) in [5.41, 5.74) is 2.03. The number of piperidine rings is 1. The number of aromatic nitrogens is 3.